The van der Waals surface area contributed by atoms with Crippen LogP contribution in [0.3, 0.4) is 0 Å². The first-order valence-electron chi connectivity index (χ1n) is 11.9. The maximum Gasteiger partial charge on any atom is 0.253 e. The number of anilines is 1. The van der Waals surface area contributed by atoms with Crippen molar-refractivity contribution in [3.05, 3.63) is 55.5 Å². The predicted octanol–water partition coefficient (Wildman–Crippen LogP) is 4.52. The van der Waals surface area contributed by atoms with Crippen molar-refractivity contribution in [1.29, 1.82) is 0 Å². The lowest BCUT2D eigenvalue weighted by atomic mass is 9.79. The number of halogens is 1. The molecule has 2 aromatic rings. The summed E-state index contributed by atoms with van der Waals surface area (Å²) in [7, 11) is 4.28. The molecule has 2 heterocycles. The van der Waals surface area contributed by atoms with E-state index in [1.54, 1.807) is 6.07 Å². The molecule has 1 saturated carbocycles. The zero-order valence-corrected chi connectivity index (χ0v) is 21.7. The average Bonchev–Trinajstić information content (AvgIpc) is 3.15. The molecule has 1 unspecified atom stereocenters. The number of fused-ring (bicyclic) bond motifs is 1. The molecule has 8 heteroatoms. The zero-order chi connectivity index (χ0) is 24.8. The number of benzene rings is 1. The molecule has 34 heavy (non-hydrogen) atoms. The van der Waals surface area contributed by atoms with Crippen LogP contribution in [0.5, 0.6) is 5.75 Å². The number of pyridine rings is 1. The molecule has 1 fully saturated rings. The van der Waals surface area contributed by atoms with Gasteiger partial charge < -0.3 is 25.3 Å². The number of carbonyl (C=O) groups excluding carboxylic acids is 1. The lowest BCUT2D eigenvalue weighted by molar-refractivity contribution is 0.0343. The fourth-order valence-corrected chi connectivity index (χ4v) is 5.63. The first-order valence-corrected chi connectivity index (χ1v) is 12.3. The standard InChI is InChI=1S/C26H35ClN4O3/c1-14-11-15(2)29-25(33)20(14)13-28-24(32)19-12-21(27)23-22(16(19)3)30-26(4,34-23)17-7-9-18(10-8-17)31(5)6/h11-12,17-18,30H,7-10,13H2,1-6H3,(H,28,32)(H,29,33). The quantitative estimate of drug-likeness (QED) is 0.578. The van der Waals surface area contributed by atoms with E-state index in [0.717, 1.165) is 48.2 Å². The van der Waals surface area contributed by atoms with E-state index in [4.69, 9.17) is 16.3 Å². The number of nitrogens with zero attached hydrogens (tertiary/aromatic N) is 1. The molecular formula is C26H35ClN4O3. The Kier molecular flexibility index (Phi) is 6.71. The lowest BCUT2D eigenvalue weighted by Gasteiger charge is -2.40. The summed E-state index contributed by atoms with van der Waals surface area (Å²) in [4.78, 5) is 30.5. The molecule has 1 aromatic heterocycles. The number of aryl methyl sites for hydroxylation is 2. The summed E-state index contributed by atoms with van der Waals surface area (Å²) >= 11 is 6.60. The van der Waals surface area contributed by atoms with Gasteiger partial charge in [-0.2, -0.15) is 0 Å². The number of amides is 1. The second-order valence-corrected chi connectivity index (χ2v) is 10.6. The van der Waals surface area contributed by atoms with Crippen LogP contribution in [-0.4, -0.2) is 41.7 Å². The normalized spacial score (nSPS) is 23.9. The van der Waals surface area contributed by atoms with Gasteiger partial charge >= 0.3 is 0 Å². The maximum absolute atomic E-state index is 13.1. The highest BCUT2D eigenvalue weighted by Gasteiger charge is 2.45. The first kappa shape index (κ1) is 24.6. The average molecular weight is 487 g/mol. The minimum absolute atomic E-state index is 0.144. The van der Waals surface area contributed by atoms with E-state index in [9.17, 15) is 9.59 Å². The molecule has 0 saturated heterocycles. The molecule has 0 radical (unpaired) electrons. The smallest absolute Gasteiger partial charge is 0.253 e. The van der Waals surface area contributed by atoms with Crippen molar-refractivity contribution in [3.63, 3.8) is 0 Å². The van der Waals surface area contributed by atoms with Crippen molar-refractivity contribution in [3.8, 4) is 5.75 Å². The van der Waals surface area contributed by atoms with E-state index in [1.165, 1.54) is 0 Å². The highest BCUT2D eigenvalue weighted by atomic mass is 35.5. The van der Waals surface area contributed by atoms with Crippen molar-refractivity contribution in [2.75, 3.05) is 19.4 Å². The molecule has 1 aliphatic heterocycles. The zero-order valence-electron chi connectivity index (χ0n) is 20.9. The van der Waals surface area contributed by atoms with Gasteiger partial charge in [0.1, 0.15) is 0 Å². The Hall–Kier alpha value is -2.51. The molecule has 1 atom stereocenters. The van der Waals surface area contributed by atoms with Crippen LogP contribution in [0, 0.1) is 26.7 Å². The van der Waals surface area contributed by atoms with E-state index in [1.807, 2.05) is 26.8 Å². The van der Waals surface area contributed by atoms with Crippen molar-refractivity contribution in [1.82, 2.24) is 15.2 Å². The molecule has 1 amide bonds. The number of aromatic nitrogens is 1. The molecule has 1 aromatic carbocycles. The fraction of sp³-hybridized carbons (Fsp3) is 0.538. The lowest BCUT2D eigenvalue weighted by Crippen LogP contribution is -2.47. The van der Waals surface area contributed by atoms with Crippen LogP contribution in [-0.2, 0) is 6.54 Å². The fourth-order valence-electron chi connectivity index (χ4n) is 5.39. The molecule has 7 nitrogen and oxygen atoms in total. The largest absolute Gasteiger partial charge is 0.464 e. The minimum Gasteiger partial charge on any atom is -0.464 e. The summed E-state index contributed by atoms with van der Waals surface area (Å²) in [6.07, 6.45) is 4.39. The Morgan fingerprint density at radius 2 is 1.88 bits per heavy atom. The van der Waals surface area contributed by atoms with E-state index >= 15 is 0 Å². The molecule has 184 valence electrons. The minimum atomic E-state index is -0.560. The van der Waals surface area contributed by atoms with Crippen LogP contribution in [0.25, 0.3) is 0 Å². The topological polar surface area (TPSA) is 86.5 Å². The first-order chi connectivity index (χ1) is 16.0. The van der Waals surface area contributed by atoms with Crippen LogP contribution < -0.4 is 20.9 Å². The molecule has 0 bridgehead atoms. The maximum atomic E-state index is 13.1. The van der Waals surface area contributed by atoms with E-state index < -0.39 is 5.72 Å². The van der Waals surface area contributed by atoms with Gasteiger partial charge in [-0.1, -0.05) is 11.6 Å². The summed E-state index contributed by atoms with van der Waals surface area (Å²) in [5.41, 5.74) is 3.49. The summed E-state index contributed by atoms with van der Waals surface area (Å²) in [5, 5.41) is 6.87. The van der Waals surface area contributed by atoms with Crippen LogP contribution >= 0.6 is 11.6 Å². The second kappa shape index (κ2) is 9.27. The van der Waals surface area contributed by atoms with Gasteiger partial charge in [-0.05, 0) is 90.7 Å². The predicted molar refractivity (Wildman–Crippen MR) is 136 cm³/mol. The number of carbonyl (C=O) groups is 1. The number of nitrogens with one attached hydrogen (secondary N) is 3. The van der Waals surface area contributed by atoms with Crippen LogP contribution in [0.2, 0.25) is 5.02 Å². The van der Waals surface area contributed by atoms with Gasteiger partial charge in [0.05, 0.1) is 10.7 Å². The third-order valence-electron chi connectivity index (χ3n) is 7.55. The van der Waals surface area contributed by atoms with Crippen LogP contribution in [0.1, 0.15) is 65.3 Å². The molecule has 0 spiro atoms. The second-order valence-electron chi connectivity index (χ2n) is 10.2. The Balaban J connectivity index is 1.52. The molecule has 4 rings (SSSR count). The van der Waals surface area contributed by atoms with Crippen LogP contribution in [0.15, 0.2) is 16.9 Å². The monoisotopic (exact) mass is 486 g/mol. The Morgan fingerprint density at radius 1 is 1.21 bits per heavy atom. The Labute approximate surface area is 206 Å². The Morgan fingerprint density at radius 3 is 2.50 bits per heavy atom. The summed E-state index contributed by atoms with van der Waals surface area (Å²) < 4.78 is 6.41. The van der Waals surface area contributed by atoms with Gasteiger partial charge in [0.2, 0.25) is 0 Å². The van der Waals surface area contributed by atoms with Crippen molar-refractivity contribution < 1.29 is 9.53 Å². The SMILES string of the molecule is Cc1cc(C)c(CNC(=O)c2cc(Cl)c3c(c2C)NC(C)(C2CCC(N(C)C)CC2)O3)c(=O)[nH]1. The number of aromatic amines is 1. The van der Waals surface area contributed by atoms with Gasteiger partial charge in [-0.3, -0.25) is 9.59 Å². The number of hydrogen-bond donors (Lipinski definition) is 3. The van der Waals surface area contributed by atoms with Gasteiger partial charge in [-0.25, -0.2) is 0 Å². The van der Waals surface area contributed by atoms with E-state index in [-0.39, 0.29) is 18.0 Å². The van der Waals surface area contributed by atoms with E-state index in [2.05, 4.69) is 41.5 Å². The number of hydrogen-bond acceptors (Lipinski definition) is 5. The molecule has 2 aliphatic rings. The van der Waals surface area contributed by atoms with Gasteiger partial charge in [0.25, 0.3) is 11.5 Å². The van der Waals surface area contributed by atoms with Gasteiger partial charge in [0, 0.05) is 35.3 Å². The van der Waals surface area contributed by atoms with Gasteiger partial charge in [0.15, 0.2) is 11.5 Å². The van der Waals surface area contributed by atoms with Crippen molar-refractivity contribution >= 4 is 23.2 Å². The number of H-pyrrole nitrogens is 1. The number of rotatable bonds is 5. The highest BCUT2D eigenvalue weighted by Crippen LogP contribution is 2.49. The third kappa shape index (κ3) is 4.56. The summed E-state index contributed by atoms with van der Waals surface area (Å²) in [5.74, 6) is 0.683. The summed E-state index contributed by atoms with van der Waals surface area (Å²) in [6, 6.07) is 4.16. The summed E-state index contributed by atoms with van der Waals surface area (Å²) in [6.45, 7) is 7.83. The number of ether oxygens (including phenoxy) is 1. The molecular weight excluding hydrogens is 452 g/mol. The van der Waals surface area contributed by atoms with E-state index in [0.29, 0.717) is 33.9 Å². The Bertz CT molecular complexity index is 1170. The highest BCUT2D eigenvalue weighted by molar-refractivity contribution is 6.33. The third-order valence-corrected chi connectivity index (χ3v) is 7.83. The van der Waals surface area contributed by atoms with Gasteiger partial charge in [-0.15, -0.1) is 0 Å². The van der Waals surface area contributed by atoms with Crippen LogP contribution in [0.4, 0.5) is 5.69 Å². The van der Waals surface area contributed by atoms with Crippen molar-refractivity contribution in [2.45, 2.75) is 71.7 Å². The van der Waals surface area contributed by atoms with Crippen molar-refractivity contribution in [2.24, 2.45) is 5.92 Å². The molecule has 1 aliphatic carbocycles. The molecule has 3 N–H and O–H groups in total.